The fourth-order valence-corrected chi connectivity index (χ4v) is 1.87. The van der Waals surface area contributed by atoms with Crippen LogP contribution in [0.4, 0.5) is 0 Å². The molecule has 1 aromatic carbocycles. The normalized spacial score (nSPS) is 12.8. The van der Waals surface area contributed by atoms with Crippen molar-refractivity contribution in [1.82, 2.24) is 10.6 Å². The van der Waals surface area contributed by atoms with Crippen LogP contribution < -0.4 is 10.6 Å². The lowest BCUT2D eigenvalue weighted by Crippen LogP contribution is -2.41. The third kappa shape index (κ3) is 8.40. The van der Waals surface area contributed by atoms with Gasteiger partial charge >= 0.3 is 0 Å². The van der Waals surface area contributed by atoms with Gasteiger partial charge in [-0.3, -0.25) is 4.99 Å². The minimum absolute atomic E-state index is 0. The van der Waals surface area contributed by atoms with E-state index in [0.29, 0.717) is 6.04 Å². The van der Waals surface area contributed by atoms with Crippen molar-refractivity contribution in [3.8, 4) is 0 Å². The van der Waals surface area contributed by atoms with Crippen LogP contribution in [0.5, 0.6) is 0 Å². The van der Waals surface area contributed by atoms with E-state index in [4.69, 9.17) is 0 Å². The van der Waals surface area contributed by atoms with Gasteiger partial charge in [0, 0.05) is 19.6 Å². The van der Waals surface area contributed by atoms with E-state index in [-0.39, 0.29) is 24.0 Å². The zero-order valence-electron chi connectivity index (χ0n) is 13.0. The van der Waals surface area contributed by atoms with E-state index in [0.717, 1.165) is 18.4 Å². The molecule has 1 unspecified atom stereocenters. The molecular formula is C16H28IN3. The first-order valence-corrected chi connectivity index (χ1v) is 7.13. The van der Waals surface area contributed by atoms with E-state index in [9.17, 15) is 0 Å². The molecule has 0 saturated heterocycles. The highest BCUT2D eigenvalue weighted by Gasteiger charge is 2.06. The second-order valence-corrected chi connectivity index (χ2v) is 5.43. The molecule has 20 heavy (non-hydrogen) atoms. The molecule has 0 aliphatic heterocycles. The van der Waals surface area contributed by atoms with Gasteiger partial charge in [0.15, 0.2) is 5.96 Å². The number of hydrogen-bond donors (Lipinski definition) is 2. The molecule has 0 aliphatic rings. The molecule has 0 saturated carbocycles. The van der Waals surface area contributed by atoms with Gasteiger partial charge in [0.25, 0.3) is 0 Å². The first-order chi connectivity index (χ1) is 9.11. The molecule has 0 spiro atoms. The molecule has 1 aromatic rings. The lowest BCUT2D eigenvalue weighted by Gasteiger charge is -2.18. The number of rotatable bonds is 6. The second-order valence-electron chi connectivity index (χ2n) is 5.43. The van der Waals surface area contributed by atoms with E-state index < -0.39 is 0 Å². The van der Waals surface area contributed by atoms with Crippen LogP contribution in [0.15, 0.2) is 35.3 Å². The molecule has 0 aromatic heterocycles. The van der Waals surface area contributed by atoms with Crippen LogP contribution in [0.3, 0.4) is 0 Å². The quantitative estimate of drug-likeness (QED) is 0.441. The average molecular weight is 389 g/mol. The standard InChI is InChI=1S/C16H27N3.HI/c1-13(2)10-11-14(3)19-16(17-4)18-12-15-8-6-5-7-9-15;/h5-9,13-14H,10-12H2,1-4H3,(H2,17,18,19);1H. The van der Waals surface area contributed by atoms with Gasteiger partial charge in [-0.1, -0.05) is 44.2 Å². The molecule has 0 fully saturated rings. The first-order valence-electron chi connectivity index (χ1n) is 7.13. The zero-order chi connectivity index (χ0) is 14.1. The van der Waals surface area contributed by atoms with Gasteiger partial charge < -0.3 is 10.6 Å². The number of nitrogens with zero attached hydrogens (tertiary/aromatic N) is 1. The number of nitrogens with one attached hydrogen (secondary N) is 2. The molecule has 4 heteroatoms. The van der Waals surface area contributed by atoms with Crippen LogP contribution in [0.1, 0.15) is 39.2 Å². The SMILES string of the molecule is CN=C(NCc1ccccc1)NC(C)CCC(C)C.I. The molecule has 0 amide bonds. The summed E-state index contributed by atoms with van der Waals surface area (Å²) in [6, 6.07) is 10.8. The molecule has 0 heterocycles. The fraction of sp³-hybridized carbons (Fsp3) is 0.562. The minimum atomic E-state index is 0. The van der Waals surface area contributed by atoms with Crippen molar-refractivity contribution in [3.63, 3.8) is 0 Å². The largest absolute Gasteiger partial charge is 0.354 e. The summed E-state index contributed by atoms with van der Waals surface area (Å²) in [5, 5.41) is 6.77. The van der Waals surface area contributed by atoms with Gasteiger partial charge in [-0.15, -0.1) is 24.0 Å². The Morgan fingerprint density at radius 3 is 2.30 bits per heavy atom. The predicted molar refractivity (Wildman–Crippen MR) is 98.7 cm³/mol. The Morgan fingerprint density at radius 2 is 1.75 bits per heavy atom. The molecule has 3 nitrogen and oxygen atoms in total. The van der Waals surface area contributed by atoms with E-state index in [1.54, 1.807) is 0 Å². The highest BCUT2D eigenvalue weighted by Crippen LogP contribution is 2.06. The molecule has 2 N–H and O–H groups in total. The summed E-state index contributed by atoms with van der Waals surface area (Å²) in [6.07, 6.45) is 2.41. The molecule has 0 aliphatic carbocycles. The smallest absolute Gasteiger partial charge is 0.191 e. The van der Waals surface area contributed by atoms with Gasteiger partial charge in [-0.05, 0) is 31.2 Å². The van der Waals surface area contributed by atoms with E-state index in [1.807, 2.05) is 13.1 Å². The van der Waals surface area contributed by atoms with Crippen LogP contribution in [0.2, 0.25) is 0 Å². The predicted octanol–water partition coefficient (Wildman–Crippen LogP) is 3.79. The topological polar surface area (TPSA) is 36.4 Å². The minimum Gasteiger partial charge on any atom is -0.354 e. The first kappa shape index (κ1) is 19.2. The second kappa shape index (κ2) is 10.9. The number of hydrogen-bond acceptors (Lipinski definition) is 1. The molecule has 0 radical (unpaired) electrons. The van der Waals surface area contributed by atoms with Gasteiger partial charge in [-0.2, -0.15) is 0 Å². The number of guanidine groups is 1. The number of benzene rings is 1. The summed E-state index contributed by atoms with van der Waals surface area (Å²) in [7, 11) is 1.81. The Balaban J connectivity index is 0.00000361. The lowest BCUT2D eigenvalue weighted by atomic mass is 10.0. The van der Waals surface area contributed by atoms with Gasteiger partial charge in [-0.25, -0.2) is 0 Å². The van der Waals surface area contributed by atoms with Crippen molar-refractivity contribution in [2.75, 3.05) is 7.05 Å². The molecule has 1 rings (SSSR count). The maximum absolute atomic E-state index is 4.26. The molecule has 0 bridgehead atoms. The summed E-state index contributed by atoms with van der Waals surface area (Å²) < 4.78 is 0. The highest BCUT2D eigenvalue weighted by molar-refractivity contribution is 14.0. The summed E-state index contributed by atoms with van der Waals surface area (Å²) >= 11 is 0. The third-order valence-corrected chi connectivity index (χ3v) is 3.09. The maximum atomic E-state index is 4.26. The zero-order valence-corrected chi connectivity index (χ0v) is 15.3. The van der Waals surface area contributed by atoms with Crippen molar-refractivity contribution in [1.29, 1.82) is 0 Å². The Bertz CT molecular complexity index is 377. The van der Waals surface area contributed by atoms with Crippen molar-refractivity contribution in [2.45, 2.75) is 46.2 Å². The maximum Gasteiger partial charge on any atom is 0.191 e. The van der Waals surface area contributed by atoms with Gasteiger partial charge in [0.1, 0.15) is 0 Å². The van der Waals surface area contributed by atoms with Gasteiger partial charge in [0.2, 0.25) is 0 Å². The number of halogens is 1. The lowest BCUT2D eigenvalue weighted by molar-refractivity contribution is 0.489. The number of aliphatic imine (C=N–C) groups is 1. The van der Waals surface area contributed by atoms with Gasteiger partial charge in [0.05, 0.1) is 0 Å². The highest BCUT2D eigenvalue weighted by atomic mass is 127. The van der Waals surface area contributed by atoms with Crippen LogP contribution >= 0.6 is 24.0 Å². The van der Waals surface area contributed by atoms with Crippen molar-refractivity contribution < 1.29 is 0 Å². The summed E-state index contributed by atoms with van der Waals surface area (Å²) in [4.78, 5) is 4.26. The molecule has 1 atom stereocenters. The van der Waals surface area contributed by atoms with Crippen molar-refractivity contribution in [2.24, 2.45) is 10.9 Å². The fourth-order valence-electron chi connectivity index (χ4n) is 1.87. The average Bonchev–Trinajstić information content (AvgIpc) is 2.42. The van der Waals surface area contributed by atoms with Crippen LogP contribution in [0, 0.1) is 5.92 Å². The Labute approximate surface area is 140 Å². The Kier molecular flexibility index (Phi) is 10.5. The van der Waals surface area contributed by atoms with Crippen LogP contribution in [0.25, 0.3) is 0 Å². The van der Waals surface area contributed by atoms with Crippen molar-refractivity contribution in [3.05, 3.63) is 35.9 Å². The Hall–Kier alpha value is -0.780. The summed E-state index contributed by atoms with van der Waals surface area (Å²) in [5.41, 5.74) is 1.26. The molecule has 114 valence electrons. The van der Waals surface area contributed by atoms with E-state index in [2.05, 4.69) is 60.7 Å². The Morgan fingerprint density at radius 1 is 1.10 bits per heavy atom. The van der Waals surface area contributed by atoms with Crippen molar-refractivity contribution >= 4 is 29.9 Å². The monoisotopic (exact) mass is 389 g/mol. The van der Waals surface area contributed by atoms with E-state index in [1.165, 1.54) is 18.4 Å². The van der Waals surface area contributed by atoms with Crippen LogP contribution in [-0.2, 0) is 6.54 Å². The summed E-state index contributed by atoms with van der Waals surface area (Å²) in [5.74, 6) is 1.63. The summed E-state index contributed by atoms with van der Waals surface area (Å²) in [6.45, 7) is 7.53. The van der Waals surface area contributed by atoms with E-state index >= 15 is 0 Å². The van der Waals surface area contributed by atoms with Crippen LogP contribution in [-0.4, -0.2) is 19.0 Å². The molecular weight excluding hydrogens is 361 g/mol. The third-order valence-electron chi connectivity index (χ3n) is 3.09.